The summed E-state index contributed by atoms with van der Waals surface area (Å²) < 4.78 is 17.6. The summed E-state index contributed by atoms with van der Waals surface area (Å²) in [5.41, 5.74) is 0.780. The molecule has 1 aromatic carbocycles. The molecule has 9 heteroatoms. The second kappa shape index (κ2) is 8.34. The average Bonchev–Trinajstić information content (AvgIpc) is 2.93. The zero-order chi connectivity index (χ0) is 19.4. The molecule has 1 amide bonds. The molecule has 0 radical (unpaired) electrons. The lowest BCUT2D eigenvalue weighted by Crippen LogP contribution is -2.19. The van der Waals surface area contributed by atoms with Gasteiger partial charge in [-0.25, -0.2) is 4.79 Å². The normalized spacial score (nSPS) is 12.6. The van der Waals surface area contributed by atoms with Crippen LogP contribution in [0.25, 0.3) is 0 Å². The van der Waals surface area contributed by atoms with Gasteiger partial charge in [-0.3, -0.25) is 9.48 Å². The molecule has 27 heavy (non-hydrogen) atoms. The summed E-state index contributed by atoms with van der Waals surface area (Å²) in [7, 11) is 1.67. The fraction of sp³-hybridized carbons (Fsp3) is 0.389. The Morgan fingerprint density at radius 3 is 2.78 bits per heavy atom. The molecule has 1 aliphatic rings. The van der Waals surface area contributed by atoms with Gasteiger partial charge in [0.25, 0.3) is 0 Å². The third kappa shape index (κ3) is 4.36. The highest BCUT2D eigenvalue weighted by atomic mass is 32.2. The molecule has 3 rings (SSSR count). The van der Waals surface area contributed by atoms with Crippen LogP contribution in [0.4, 0.5) is 5.82 Å². The van der Waals surface area contributed by atoms with Gasteiger partial charge in [0.15, 0.2) is 11.5 Å². The molecule has 0 spiro atoms. The highest BCUT2D eigenvalue weighted by molar-refractivity contribution is 8.00. The number of anilines is 1. The zero-order valence-corrected chi connectivity index (χ0v) is 16.2. The number of hydrogen-bond donors (Lipinski definition) is 1. The van der Waals surface area contributed by atoms with Crippen molar-refractivity contribution in [1.82, 2.24) is 9.78 Å². The maximum atomic E-state index is 12.4. The van der Waals surface area contributed by atoms with Crippen LogP contribution >= 0.6 is 11.8 Å². The van der Waals surface area contributed by atoms with Crippen molar-refractivity contribution in [2.45, 2.75) is 18.7 Å². The molecule has 0 saturated heterocycles. The minimum atomic E-state index is -0.502. The number of fused-ring (bicyclic) bond motifs is 1. The fourth-order valence-corrected chi connectivity index (χ4v) is 3.40. The first-order valence-corrected chi connectivity index (χ1v) is 9.51. The van der Waals surface area contributed by atoms with E-state index in [1.807, 2.05) is 18.2 Å². The summed E-state index contributed by atoms with van der Waals surface area (Å²) in [4.78, 5) is 25.4. The quantitative estimate of drug-likeness (QED) is 0.597. The second-order valence-electron chi connectivity index (χ2n) is 5.80. The van der Waals surface area contributed by atoms with Gasteiger partial charge in [-0.15, -0.1) is 11.8 Å². The minimum Gasteiger partial charge on any atom is -0.486 e. The van der Waals surface area contributed by atoms with Gasteiger partial charge in [0.05, 0.1) is 18.1 Å². The molecular formula is C18H21N3O5S. The molecule has 0 saturated carbocycles. The van der Waals surface area contributed by atoms with Crippen molar-refractivity contribution in [3.8, 4) is 11.5 Å². The molecule has 1 aromatic heterocycles. The monoisotopic (exact) mass is 391 g/mol. The van der Waals surface area contributed by atoms with E-state index in [1.54, 1.807) is 20.9 Å². The summed E-state index contributed by atoms with van der Waals surface area (Å²) in [5.74, 6) is 1.14. The number of thioether (sulfide) groups is 1. The van der Waals surface area contributed by atoms with E-state index < -0.39 is 5.97 Å². The Balaban J connectivity index is 1.65. The lowest BCUT2D eigenvalue weighted by molar-refractivity contribution is -0.113. The molecular weight excluding hydrogens is 370 g/mol. The number of aromatic nitrogens is 2. The third-order valence-corrected chi connectivity index (χ3v) is 4.84. The van der Waals surface area contributed by atoms with Crippen LogP contribution in [0.1, 0.15) is 23.0 Å². The van der Waals surface area contributed by atoms with Gasteiger partial charge < -0.3 is 19.5 Å². The number of nitrogens with zero attached hydrogens (tertiary/aromatic N) is 2. The number of ether oxygens (including phenoxy) is 3. The van der Waals surface area contributed by atoms with Gasteiger partial charge in [-0.1, -0.05) is 0 Å². The summed E-state index contributed by atoms with van der Waals surface area (Å²) in [6.45, 7) is 4.73. The maximum absolute atomic E-state index is 12.4. The number of esters is 1. The van der Waals surface area contributed by atoms with Gasteiger partial charge in [0.2, 0.25) is 5.91 Å². The van der Waals surface area contributed by atoms with Crippen molar-refractivity contribution in [3.63, 3.8) is 0 Å². The van der Waals surface area contributed by atoms with E-state index in [9.17, 15) is 9.59 Å². The summed E-state index contributed by atoms with van der Waals surface area (Å²) in [6.07, 6.45) is 0. The van der Waals surface area contributed by atoms with Crippen LogP contribution < -0.4 is 14.8 Å². The van der Waals surface area contributed by atoms with Crippen LogP contribution in [0.3, 0.4) is 0 Å². The number of amides is 1. The Bertz CT molecular complexity index is 865. The van der Waals surface area contributed by atoms with Crippen LogP contribution in [-0.4, -0.2) is 47.2 Å². The van der Waals surface area contributed by atoms with Crippen LogP contribution in [0.5, 0.6) is 11.5 Å². The smallest absolute Gasteiger partial charge is 0.343 e. The number of carbonyl (C=O) groups excluding carboxylic acids is 2. The highest BCUT2D eigenvalue weighted by Crippen LogP contribution is 2.34. The standard InChI is InChI=1S/C18H21N3O5S/c1-4-24-18(23)16-11(2)20-21(3)17(16)19-15(22)10-27-12-5-6-13-14(9-12)26-8-7-25-13/h5-6,9H,4,7-8,10H2,1-3H3,(H,19,22). The first-order valence-electron chi connectivity index (χ1n) is 8.52. The number of aryl methyl sites for hydroxylation is 2. The Morgan fingerprint density at radius 1 is 1.30 bits per heavy atom. The van der Waals surface area contributed by atoms with Crippen molar-refractivity contribution in [2.24, 2.45) is 7.05 Å². The number of carbonyl (C=O) groups is 2. The Kier molecular flexibility index (Phi) is 5.90. The van der Waals surface area contributed by atoms with Gasteiger partial charge in [0.1, 0.15) is 24.6 Å². The molecule has 0 fully saturated rings. The number of benzene rings is 1. The maximum Gasteiger partial charge on any atom is 0.343 e. The van der Waals surface area contributed by atoms with Crippen molar-refractivity contribution in [2.75, 3.05) is 30.9 Å². The lowest BCUT2D eigenvalue weighted by Gasteiger charge is -2.18. The van der Waals surface area contributed by atoms with E-state index in [2.05, 4.69) is 10.4 Å². The molecule has 1 N–H and O–H groups in total. The molecule has 8 nitrogen and oxygen atoms in total. The molecule has 1 aliphatic heterocycles. The molecule has 0 atom stereocenters. The largest absolute Gasteiger partial charge is 0.486 e. The Hall–Kier alpha value is -2.68. The van der Waals surface area contributed by atoms with Gasteiger partial charge in [0, 0.05) is 11.9 Å². The van der Waals surface area contributed by atoms with Crippen molar-refractivity contribution < 1.29 is 23.8 Å². The zero-order valence-electron chi connectivity index (χ0n) is 15.4. The molecule has 2 heterocycles. The second-order valence-corrected chi connectivity index (χ2v) is 6.84. The van der Waals surface area contributed by atoms with Crippen molar-refractivity contribution >= 4 is 29.5 Å². The molecule has 0 aliphatic carbocycles. The summed E-state index contributed by atoms with van der Waals surface area (Å²) in [5, 5.41) is 6.95. The average molecular weight is 391 g/mol. The minimum absolute atomic E-state index is 0.173. The van der Waals surface area contributed by atoms with E-state index in [0.717, 1.165) is 4.90 Å². The van der Waals surface area contributed by atoms with E-state index >= 15 is 0 Å². The van der Waals surface area contributed by atoms with E-state index in [-0.39, 0.29) is 23.8 Å². The van der Waals surface area contributed by atoms with E-state index in [1.165, 1.54) is 16.4 Å². The SMILES string of the molecule is CCOC(=O)c1c(C)nn(C)c1NC(=O)CSc1ccc2c(c1)OCCO2. The third-order valence-electron chi connectivity index (χ3n) is 3.84. The van der Waals surface area contributed by atoms with Gasteiger partial charge in [-0.05, 0) is 32.0 Å². The number of hydrogen-bond acceptors (Lipinski definition) is 7. The molecule has 0 bridgehead atoms. The van der Waals surface area contributed by atoms with Crippen molar-refractivity contribution in [3.05, 3.63) is 29.5 Å². The molecule has 2 aromatic rings. The van der Waals surface area contributed by atoms with Crippen molar-refractivity contribution in [1.29, 1.82) is 0 Å². The Morgan fingerprint density at radius 2 is 2.04 bits per heavy atom. The van der Waals surface area contributed by atoms with Crippen LogP contribution in [-0.2, 0) is 16.6 Å². The lowest BCUT2D eigenvalue weighted by atomic mass is 10.2. The van der Waals surface area contributed by atoms with Crippen LogP contribution in [0.2, 0.25) is 0 Å². The van der Waals surface area contributed by atoms with Gasteiger partial charge in [-0.2, -0.15) is 5.10 Å². The van der Waals surface area contributed by atoms with E-state index in [4.69, 9.17) is 14.2 Å². The highest BCUT2D eigenvalue weighted by Gasteiger charge is 2.23. The molecule has 0 unspecified atom stereocenters. The number of nitrogens with one attached hydrogen (secondary N) is 1. The first-order chi connectivity index (χ1) is 13.0. The van der Waals surface area contributed by atoms with E-state index in [0.29, 0.717) is 36.2 Å². The Labute approximate surface area is 161 Å². The van der Waals surface area contributed by atoms with Crippen LogP contribution in [0.15, 0.2) is 23.1 Å². The predicted molar refractivity (Wildman–Crippen MR) is 101 cm³/mol. The molecule has 144 valence electrons. The fourth-order valence-electron chi connectivity index (χ4n) is 2.68. The number of rotatable bonds is 6. The first kappa shape index (κ1) is 19.1. The summed E-state index contributed by atoms with van der Waals surface area (Å²) in [6, 6.07) is 5.56. The van der Waals surface area contributed by atoms with Crippen LogP contribution in [0, 0.1) is 6.92 Å². The summed E-state index contributed by atoms with van der Waals surface area (Å²) >= 11 is 1.36. The van der Waals surface area contributed by atoms with Gasteiger partial charge >= 0.3 is 5.97 Å². The topological polar surface area (TPSA) is 91.7 Å². The predicted octanol–water partition coefficient (Wildman–Crippen LogP) is 2.41.